The number of thiophene rings is 1. The summed E-state index contributed by atoms with van der Waals surface area (Å²) < 4.78 is 26.6. The van der Waals surface area contributed by atoms with E-state index in [1.54, 1.807) is 30.5 Å². The van der Waals surface area contributed by atoms with Gasteiger partial charge in [0.25, 0.3) is 0 Å². The van der Waals surface area contributed by atoms with E-state index in [0.717, 1.165) is 23.1 Å². The first-order valence-corrected chi connectivity index (χ1v) is 9.56. The van der Waals surface area contributed by atoms with Crippen LogP contribution in [0.3, 0.4) is 0 Å². The molecule has 0 aliphatic rings. The van der Waals surface area contributed by atoms with Crippen LogP contribution in [0.5, 0.6) is 0 Å². The fraction of sp³-hybridized carbons (Fsp3) is 0.333. The van der Waals surface area contributed by atoms with Crippen LogP contribution < -0.4 is 0 Å². The van der Waals surface area contributed by atoms with Gasteiger partial charge in [-0.05, 0) is 52.1 Å². The van der Waals surface area contributed by atoms with Crippen molar-refractivity contribution in [1.82, 2.24) is 4.31 Å². The van der Waals surface area contributed by atoms with Crippen LogP contribution in [-0.2, 0) is 28.9 Å². The second-order valence-corrected chi connectivity index (χ2v) is 7.90. The number of hydrogen-bond donors (Lipinski definition) is 0. The Balaban J connectivity index is 2.30. The van der Waals surface area contributed by atoms with Gasteiger partial charge in [0, 0.05) is 19.5 Å². The first kappa shape index (κ1) is 16.5. The minimum atomic E-state index is -3.49. The summed E-state index contributed by atoms with van der Waals surface area (Å²) in [5, 5.41) is 3.90. The van der Waals surface area contributed by atoms with Crippen molar-refractivity contribution in [1.29, 1.82) is 0 Å². The normalized spacial score (nSPS) is 12.0. The third kappa shape index (κ3) is 3.66. The van der Waals surface area contributed by atoms with Gasteiger partial charge in [-0.2, -0.15) is 15.6 Å². The highest BCUT2D eigenvalue weighted by Crippen LogP contribution is 2.22. The Morgan fingerprint density at radius 1 is 1.24 bits per heavy atom. The summed E-state index contributed by atoms with van der Waals surface area (Å²) in [6.07, 6.45) is 0.840. The number of sulfonamides is 1. The van der Waals surface area contributed by atoms with Gasteiger partial charge >= 0.3 is 0 Å². The second-order valence-electron chi connectivity index (χ2n) is 4.81. The molecule has 0 fully saturated rings. The van der Waals surface area contributed by atoms with Gasteiger partial charge in [0.2, 0.25) is 10.0 Å². The molecule has 1 aromatic heterocycles. The van der Waals surface area contributed by atoms with E-state index in [-0.39, 0.29) is 0 Å². The average molecular weight is 344 g/mol. The molecule has 0 atom stereocenters. The molecule has 0 N–H and O–H groups in total. The quantitative estimate of drug-likeness (QED) is 0.747. The topological polar surface area (TPSA) is 37.4 Å². The summed E-state index contributed by atoms with van der Waals surface area (Å²) >= 11 is 7.48. The standard InChI is InChI=1S/C15H18ClNO2S2/c1-3-13-4-5-15(8-14(13)9-16)21(18,19)17(2)10-12-6-7-20-11-12/h4-8,11H,3,9-10H2,1-2H3. The van der Waals surface area contributed by atoms with Crippen LogP contribution >= 0.6 is 22.9 Å². The van der Waals surface area contributed by atoms with Crippen molar-refractivity contribution in [2.45, 2.75) is 30.7 Å². The zero-order valence-electron chi connectivity index (χ0n) is 12.0. The highest BCUT2D eigenvalue weighted by molar-refractivity contribution is 7.89. The van der Waals surface area contributed by atoms with E-state index in [4.69, 9.17) is 11.6 Å². The lowest BCUT2D eigenvalue weighted by atomic mass is 10.1. The predicted octanol–water partition coefficient (Wildman–Crippen LogP) is 3.87. The van der Waals surface area contributed by atoms with E-state index in [1.807, 2.05) is 29.8 Å². The van der Waals surface area contributed by atoms with E-state index >= 15 is 0 Å². The van der Waals surface area contributed by atoms with Gasteiger partial charge in [-0.1, -0.05) is 13.0 Å². The Morgan fingerprint density at radius 3 is 2.57 bits per heavy atom. The van der Waals surface area contributed by atoms with E-state index in [1.165, 1.54) is 4.31 Å². The Kier molecular flexibility index (Phi) is 5.43. The lowest BCUT2D eigenvalue weighted by molar-refractivity contribution is 0.467. The molecule has 0 spiro atoms. The molecule has 1 heterocycles. The minimum absolute atomic E-state index is 0.299. The third-order valence-corrected chi connectivity index (χ3v) is 6.22. The molecule has 0 unspecified atom stereocenters. The lowest BCUT2D eigenvalue weighted by Gasteiger charge is -2.17. The Hall–Kier alpha value is -0.880. The Labute approximate surface area is 135 Å². The van der Waals surface area contributed by atoms with Gasteiger partial charge in [-0.25, -0.2) is 8.42 Å². The molecule has 0 amide bonds. The first-order valence-electron chi connectivity index (χ1n) is 6.64. The fourth-order valence-corrected chi connectivity index (χ4v) is 4.26. The number of alkyl halides is 1. The molecule has 1 aromatic carbocycles. The van der Waals surface area contributed by atoms with Crippen LogP contribution in [0, 0.1) is 0 Å². The van der Waals surface area contributed by atoms with Gasteiger partial charge in [0.15, 0.2) is 0 Å². The van der Waals surface area contributed by atoms with Gasteiger partial charge in [0.1, 0.15) is 0 Å². The maximum atomic E-state index is 12.6. The molecular weight excluding hydrogens is 326 g/mol. The lowest BCUT2D eigenvalue weighted by Crippen LogP contribution is -2.26. The smallest absolute Gasteiger partial charge is 0.207 e. The fourth-order valence-electron chi connectivity index (χ4n) is 2.14. The molecule has 6 heteroatoms. The van der Waals surface area contributed by atoms with Crippen molar-refractivity contribution in [3.63, 3.8) is 0 Å². The summed E-state index contributed by atoms with van der Waals surface area (Å²) in [7, 11) is -1.90. The Morgan fingerprint density at radius 2 is 2.00 bits per heavy atom. The number of halogens is 1. The third-order valence-electron chi connectivity index (χ3n) is 3.40. The van der Waals surface area contributed by atoms with Gasteiger partial charge in [-0.3, -0.25) is 0 Å². The monoisotopic (exact) mass is 343 g/mol. The molecule has 0 saturated carbocycles. The molecule has 0 saturated heterocycles. The Bertz CT molecular complexity index is 696. The molecule has 3 nitrogen and oxygen atoms in total. The molecule has 21 heavy (non-hydrogen) atoms. The van der Waals surface area contributed by atoms with Crippen LogP contribution in [-0.4, -0.2) is 19.8 Å². The second kappa shape index (κ2) is 6.92. The van der Waals surface area contributed by atoms with E-state index in [9.17, 15) is 8.42 Å². The van der Waals surface area contributed by atoms with Crippen LogP contribution in [0.2, 0.25) is 0 Å². The first-order chi connectivity index (χ1) is 9.98. The van der Waals surface area contributed by atoms with Crippen molar-refractivity contribution >= 4 is 33.0 Å². The number of hydrogen-bond acceptors (Lipinski definition) is 3. The van der Waals surface area contributed by atoms with Crippen molar-refractivity contribution in [2.75, 3.05) is 7.05 Å². The van der Waals surface area contributed by atoms with Crippen LogP contribution in [0.4, 0.5) is 0 Å². The highest BCUT2D eigenvalue weighted by Gasteiger charge is 2.21. The van der Waals surface area contributed by atoms with Crippen molar-refractivity contribution in [3.8, 4) is 0 Å². The molecule has 0 bridgehead atoms. The summed E-state index contributed by atoms with van der Waals surface area (Å²) in [5.41, 5.74) is 2.96. The predicted molar refractivity (Wildman–Crippen MR) is 88.3 cm³/mol. The average Bonchev–Trinajstić information content (AvgIpc) is 2.99. The van der Waals surface area contributed by atoms with Crippen molar-refractivity contribution < 1.29 is 8.42 Å². The van der Waals surface area contributed by atoms with Crippen molar-refractivity contribution in [2.24, 2.45) is 0 Å². The largest absolute Gasteiger partial charge is 0.243 e. The number of rotatable bonds is 6. The molecule has 0 aliphatic heterocycles. The van der Waals surface area contributed by atoms with Gasteiger partial charge in [0.05, 0.1) is 4.90 Å². The van der Waals surface area contributed by atoms with E-state index in [2.05, 4.69) is 0 Å². The van der Waals surface area contributed by atoms with Gasteiger partial charge < -0.3 is 0 Å². The molecular formula is C15H18ClNO2S2. The zero-order chi connectivity index (χ0) is 15.5. The summed E-state index contributed by atoms with van der Waals surface area (Å²) in [6, 6.07) is 7.13. The maximum absolute atomic E-state index is 12.6. The number of aryl methyl sites for hydroxylation is 1. The SMILES string of the molecule is CCc1ccc(S(=O)(=O)N(C)Cc2ccsc2)cc1CCl. The van der Waals surface area contributed by atoms with Crippen LogP contribution in [0.1, 0.15) is 23.6 Å². The number of nitrogens with zero attached hydrogens (tertiary/aromatic N) is 1. The van der Waals surface area contributed by atoms with E-state index < -0.39 is 10.0 Å². The summed E-state index contributed by atoms with van der Waals surface area (Å²) in [6.45, 7) is 2.40. The maximum Gasteiger partial charge on any atom is 0.243 e. The molecule has 0 radical (unpaired) electrons. The molecule has 2 aromatic rings. The number of benzene rings is 1. The van der Waals surface area contributed by atoms with Crippen LogP contribution in [0.15, 0.2) is 39.9 Å². The molecule has 0 aliphatic carbocycles. The minimum Gasteiger partial charge on any atom is -0.207 e. The summed E-state index contributed by atoms with van der Waals surface area (Å²) in [4.78, 5) is 0.299. The van der Waals surface area contributed by atoms with Gasteiger partial charge in [-0.15, -0.1) is 11.6 Å². The molecule has 114 valence electrons. The summed E-state index contributed by atoms with van der Waals surface area (Å²) in [5.74, 6) is 0.320. The van der Waals surface area contributed by atoms with E-state index in [0.29, 0.717) is 17.3 Å². The van der Waals surface area contributed by atoms with Crippen molar-refractivity contribution in [3.05, 3.63) is 51.7 Å². The zero-order valence-corrected chi connectivity index (χ0v) is 14.4. The molecule has 2 rings (SSSR count). The van der Waals surface area contributed by atoms with Crippen LogP contribution in [0.25, 0.3) is 0 Å². The highest BCUT2D eigenvalue weighted by atomic mass is 35.5.